The zero-order valence-electron chi connectivity index (χ0n) is 11.7. The number of hydrogen-bond donors (Lipinski definition) is 2. The Labute approximate surface area is 104 Å². The summed E-state index contributed by atoms with van der Waals surface area (Å²) >= 11 is 0. The molecule has 1 unspecified atom stereocenters. The van der Waals surface area contributed by atoms with E-state index in [2.05, 4.69) is 5.48 Å². The molecule has 0 saturated carbocycles. The Hall–Kier alpha value is -0.200. The molecule has 0 bridgehead atoms. The second kappa shape index (κ2) is 8.83. The zero-order valence-corrected chi connectivity index (χ0v) is 11.7. The monoisotopic (exact) mass is 249 g/mol. The lowest BCUT2D eigenvalue weighted by molar-refractivity contribution is -0.0909. The highest BCUT2D eigenvalue weighted by molar-refractivity contribution is 4.59. The molecule has 17 heavy (non-hydrogen) atoms. The van der Waals surface area contributed by atoms with Crippen molar-refractivity contribution in [2.75, 3.05) is 26.4 Å². The maximum atomic E-state index is 9.55. The van der Waals surface area contributed by atoms with E-state index in [4.69, 9.17) is 14.3 Å². The van der Waals surface area contributed by atoms with Gasteiger partial charge in [0.1, 0.15) is 0 Å². The van der Waals surface area contributed by atoms with Crippen molar-refractivity contribution in [2.24, 2.45) is 0 Å². The van der Waals surface area contributed by atoms with E-state index < -0.39 is 6.10 Å². The Morgan fingerprint density at radius 2 is 1.82 bits per heavy atom. The first-order valence-corrected chi connectivity index (χ1v) is 6.09. The summed E-state index contributed by atoms with van der Waals surface area (Å²) in [5.41, 5.74) is 2.46. The largest absolute Gasteiger partial charge is 0.389 e. The van der Waals surface area contributed by atoms with Crippen molar-refractivity contribution in [3.05, 3.63) is 0 Å². The molecule has 2 N–H and O–H groups in total. The van der Waals surface area contributed by atoms with Crippen LogP contribution in [0.2, 0.25) is 0 Å². The quantitative estimate of drug-likeness (QED) is 0.473. The second-order valence-electron chi connectivity index (χ2n) is 5.21. The van der Waals surface area contributed by atoms with Crippen molar-refractivity contribution in [3.8, 4) is 0 Å². The molecule has 0 amide bonds. The lowest BCUT2D eigenvalue weighted by Gasteiger charge is -2.20. The van der Waals surface area contributed by atoms with Gasteiger partial charge in [-0.25, -0.2) is 0 Å². The molecule has 0 spiro atoms. The third-order valence-corrected chi connectivity index (χ3v) is 1.69. The third-order valence-electron chi connectivity index (χ3n) is 1.69. The summed E-state index contributed by atoms with van der Waals surface area (Å²) in [5, 5.41) is 9.55. The standard InChI is InChI=1S/C12H27NO4/c1-10(2)16-7-6-15-9-11(14)8-13-17-12(3,4)5/h10-11,13-14H,6-9H2,1-5H3. The molecular formula is C12H27NO4. The molecule has 0 rings (SSSR count). The molecule has 0 aliphatic carbocycles. The van der Waals surface area contributed by atoms with Crippen molar-refractivity contribution in [3.63, 3.8) is 0 Å². The van der Waals surface area contributed by atoms with Gasteiger partial charge in [-0.15, -0.1) is 0 Å². The normalized spacial score (nSPS) is 14.3. The predicted molar refractivity (Wildman–Crippen MR) is 66.8 cm³/mol. The average molecular weight is 249 g/mol. The van der Waals surface area contributed by atoms with Crippen LogP contribution in [0, 0.1) is 0 Å². The molecule has 5 nitrogen and oxygen atoms in total. The molecule has 104 valence electrons. The summed E-state index contributed by atoms with van der Waals surface area (Å²) in [5.74, 6) is 0. The van der Waals surface area contributed by atoms with E-state index in [1.807, 2.05) is 34.6 Å². The molecular weight excluding hydrogens is 222 g/mol. The Morgan fingerprint density at radius 3 is 2.35 bits per heavy atom. The van der Waals surface area contributed by atoms with Crippen LogP contribution in [0.4, 0.5) is 0 Å². The van der Waals surface area contributed by atoms with Gasteiger partial charge in [-0.3, -0.25) is 4.84 Å². The fourth-order valence-electron chi connectivity index (χ4n) is 0.975. The first-order chi connectivity index (χ1) is 7.81. The molecule has 0 radical (unpaired) electrons. The highest BCUT2D eigenvalue weighted by Crippen LogP contribution is 2.03. The smallest absolute Gasteiger partial charge is 0.0920 e. The summed E-state index contributed by atoms with van der Waals surface area (Å²) in [6, 6.07) is 0. The zero-order chi connectivity index (χ0) is 13.3. The van der Waals surface area contributed by atoms with Crippen LogP contribution < -0.4 is 5.48 Å². The van der Waals surface area contributed by atoms with E-state index in [0.29, 0.717) is 19.8 Å². The van der Waals surface area contributed by atoms with Crippen molar-refractivity contribution >= 4 is 0 Å². The van der Waals surface area contributed by atoms with Gasteiger partial charge in [0.2, 0.25) is 0 Å². The van der Waals surface area contributed by atoms with Crippen LogP contribution in [0.5, 0.6) is 0 Å². The molecule has 0 fully saturated rings. The van der Waals surface area contributed by atoms with Gasteiger partial charge in [-0.05, 0) is 34.6 Å². The van der Waals surface area contributed by atoms with E-state index in [9.17, 15) is 5.11 Å². The Kier molecular flexibility index (Phi) is 8.72. The predicted octanol–water partition coefficient (Wildman–Crippen LogP) is 1.11. The highest BCUT2D eigenvalue weighted by Gasteiger charge is 2.11. The molecule has 0 aliphatic heterocycles. The van der Waals surface area contributed by atoms with Gasteiger partial charge in [-0.1, -0.05) is 0 Å². The van der Waals surface area contributed by atoms with Crippen LogP contribution in [-0.2, 0) is 14.3 Å². The van der Waals surface area contributed by atoms with Crippen LogP contribution in [0.1, 0.15) is 34.6 Å². The average Bonchev–Trinajstić information content (AvgIpc) is 2.14. The summed E-state index contributed by atoms with van der Waals surface area (Å²) in [6.45, 7) is 11.4. The topological polar surface area (TPSA) is 60.0 Å². The minimum Gasteiger partial charge on any atom is -0.389 e. The number of rotatable bonds is 9. The Morgan fingerprint density at radius 1 is 1.18 bits per heavy atom. The van der Waals surface area contributed by atoms with Crippen molar-refractivity contribution in [2.45, 2.75) is 52.4 Å². The highest BCUT2D eigenvalue weighted by atomic mass is 16.7. The van der Waals surface area contributed by atoms with Crippen LogP contribution in [0.15, 0.2) is 0 Å². The van der Waals surface area contributed by atoms with Gasteiger partial charge in [0.05, 0.1) is 37.6 Å². The Bertz CT molecular complexity index is 180. The summed E-state index contributed by atoms with van der Waals surface area (Å²) < 4.78 is 10.6. The maximum absolute atomic E-state index is 9.55. The van der Waals surface area contributed by atoms with E-state index in [1.54, 1.807) is 0 Å². The molecule has 0 aromatic rings. The number of ether oxygens (including phenoxy) is 2. The minimum atomic E-state index is -0.573. The van der Waals surface area contributed by atoms with Gasteiger partial charge in [0.15, 0.2) is 0 Å². The Balaban J connectivity index is 3.32. The summed E-state index contributed by atoms with van der Waals surface area (Å²) in [6.07, 6.45) is -0.359. The van der Waals surface area contributed by atoms with Gasteiger partial charge in [0.25, 0.3) is 0 Å². The number of aliphatic hydroxyl groups is 1. The molecule has 0 aromatic heterocycles. The SMILES string of the molecule is CC(C)OCCOCC(O)CNOC(C)(C)C. The first-order valence-electron chi connectivity index (χ1n) is 6.09. The van der Waals surface area contributed by atoms with E-state index in [1.165, 1.54) is 0 Å². The number of nitrogens with one attached hydrogen (secondary N) is 1. The fourth-order valence-corrected chi connectivity index (χ4v) is 0.975. The lowest BCUT2D eigenvalue weighted by atomic mass is 10.2. The van der Waals surface area contributed by atoms with Gasteiger partial charge < -0.3 is 14.6 Å². The van der Waals surface area contributed by atoms with Gasteiger partial charge in [0, 0.05) is 6.54 Å². The van der Waals surface area contributed by atoms with Crippen molar-refractivity contribution in [1.29, 1.82) is 0 Å². The van der Waals surface area contributed by atoms with Crippen molar-refractivity contribution in [1.82, 2.24) is 5.48 Å². The molecule has 0 saturated heterocycles. The fraction of sp³-hybridized carbons (Fsp3) is 1.00. The van der Waals surface area contributed by atoms with Crippen LogP contribution >= 0.6 is 0 Å². The number of hydrogen-bond acceptors (Lipinski definition) is 5. The second-order valence-corrected chi connectivity index (χ2v) is 5.21. The maximum Gasteiger partial charge on any atom is 0.0920 e. The van der Waals surface area contributed by atoms with Gasteiger partial charge in [-0.2, -0.15) is 5.48 Å². The summed E-state index contributed by atoms with van der Waals surface area (Å²) in [4.78, 5) is 5.27. The molecule has 5 heteroatoms. The van der Waals surface area contributed by atoms with Crippen LogP contribution in [-0.4, -0.2) is 49.3 Å². The van der Waals surface area contributed by atoms with E-state index in [-0.39, 0.29) is 18.3 Å². The molecule has 0 aliphatic rings. The van der Waals surface area contributed by atoms with Crippen LogP contribution in [0.25, 0.3) is 0 Å². The van der Waals surface area contributed by atoms with Gasteiger partial charge >= 0.3 is 0 Å². The van der Waals surface area contributed by atoms with Crippen molar-refractivity contribution < 1.29 is 19.4 Å². The van der Waals surface area contributed by atoms with Crippen LogP contribution in [0.3, 0.4) is 0 Å². The van der Waals surface area contributed by atoms with E-state index >= 15 is 0 Å². The molecule has 0 heterocycles. The van der Waals surface area contributed by atoms with E-state index in [0.717, 1.165) is 0 Å². The lowest BCUT2D eigenvalue weighted by Crippen LogP contribution is -2.36. The minimum absolute atomic E-state index is 0.213. The number of aliphatic hydroxyl groups excluding tert-OH is 1. The first kappa shape index (κ1) is 16.8. The summed E-state index contributed by atoms with van der Waals surface area (Å²) in [7, 11) is 0. The molecule has 0 aromatic carbocycles. The molecule has 1 atom stereocenters. The third kappa shape index (κ3) is 13.7. The number of hydroxylamine groups is 1.